The number of aryl methyl sites for hydroxylation is 1. The Morgan fingerprint density at radius 1 is 1.43 bits per heavy atom. The largest absolute Gasteiger partial charge is 0.493 e. The van der Waals surface area contributed by atoms with Crippen LogP contribution < -0.4 is 5.56 Å². The average molecular weight is 288 g/mol. The highest BCUT2D eigenvalue weighted by molar-refractivity contribution is 5.50. The molecule has 1 fully saturated rings. The Bertz CT molecular complexity index is 683. The molecule has 0 bridgehead atoms. The van der Waals surface area contributed by atoms with E-state index in [0.717, 1.165) is 44.3 Å². The molecule has 0 atom stereocenters. The van der Waals surface area contributed by atoms with Crippen molar-refractivity contribution in [1.82, 2.24) is 19.5 Å². The zero-order chi connectivity index (χ0) is 14.8. The van der Waals surface area contributed by atoms with Crippen LogP contribution in [0, 0.1) is 0 Å². The number of aromatic amines is 1. The highest BCUT2D eigenvalue weighted by Crippen LogP contribution is 2.35. The molecule has 2 heterocycles. The van der Waals surface area contributed by atoms with Gasteiger partial charge >= 0.3 is 0 Å². The third-order valence-electron chi connectivity index (χ3n) is 4.12. The Labute approximate surface area is 122 Å². The van der Waals surface area contributed by atoms with Crippen LogP contribution >= 0.6 is 0 Å². The van der Waals surface area contributed by atoms with Crippen molar-refractivity contribution >= 4 is 0 Å². The molecule has 0 unspecified atom stereocenters. The molecule has 0 amide bonds. The number of imidazole rings is 1. The summed E-state index contributed by atoms with van der Waals surface area (Å²) in [5.41, 5.74) is 0.939. The summed E-state index contributed by atoms with van der Waals surface area (Å²) in [6, 6.07) is 0. The Morgan fingerprint density at radius 2 is 2.19 bits per heavy atom. The molecular weight excluding hydrogens is 268 g/mol. The zero-order valence-electron chi connectivity index (χ0n) is 12.2. The van der Waals surface area contributed by atoms with E-state index in [2.05, 4.69) is 21.9 Å². The molecule has 0 saturated heterocycles. The van der Waals surface area contributed by atoms with Gasteiger partial charge in [0.05, 0.1) is 18.1 Å². The van der Waals surface area contributed by atoms with Crippen molar-refractivity contribution in [3.05, 3.63) is 28.4 Å². The Hall–Kier alpha value is -2.11. The first-order valence-corrected chi connectivity index (χ1v) is 7.54. The zero-order valence-corrected chi connectivity index (χ0v) is 12.2. The van der Waals surface area contributed by atoms with Gasteiger partial charge in [-0.25, -0.2) is 4.98 Å². The summed E-state index contributed by atoms with van der Waals surface area (Å²) >= 11 is 0. The van der Waals surface area contributed by atoms with Crippen LogP contribution in [0.5, 0.6) is 5.88 Å². The molecule has 0 spiro atoms. The van der Waals surface area contributed by atoms with Gasteiger partial charge in [-0.05, 0) is 25.2 Å². The molecule has 2 N–H and O–H groups in total. The molecule has 0 aliphatic heterocycles. The van der Waals surface area contributed by atoms with Crippen molar-refractivity contribution in [3.8, 4) is 17.4 Å². The number of nitrogens with zero attached hydrogens (tertiary/aromatic N) is 3. The van der Waals surface area contributed by atoms with Crippen molar-refractivity contribution < 1.29 is 5.11 Å². The maximum absolute atomic E-state index is 12.3. The van der Waals surface area contributed by atoms with Crippen molar-refractivity contribution in [2.45, 2.75) is 51.5 Å². The van der Waals surface area contributed by atoms with Crippen LogP contribution in [-0.4, -0.2) is 24.6 Å². The van der Waals surface area contributed by atoms with Crippen LogP contribution in [-0.2, 0) is 6.54 Å². The van der Waals surface area contributed by atoms with Crippen LogP contribution in [0.1, 0.15) is 50.5 Å². The first-order valence-electron chi connectivity index (χ1n) is 7.54. The second kappa shape index (κ2) is 5.71. The number of H-pyrrole nitrogens is 1. The van der Waals surface area contributed by atoms with Gasteiger partial charge in [0.15, 0.2) is 5.82 Å². The average Bonchev–Trinajstić information content (AvgIpc) is 3.09. The number of rotatable bonds is 4. The molecule has 0 radical (unpaired) electrons. The standard InChI is InChI=1S/C15H20N4O2/c1-2-7-19-9-16-8-11(19)13-17-14(20)12(15(21)18-13)10-5-3-4-6-10/h8-10H,2-7H2,1H3,(H2,17,18,20,21). The molecule has 6 heteroatoms. The fraction of sp³-hybridized carbons (Fsp3) is 0.533. The predicted molar refractivity (Wildman–Crippen MR) is 79.2 cm³/mol. The van der Waals surface area contributed by atoms with E-state index in [1.165, 1.54) is 0 Å². The summed E-state index contributed by atoms with van der Waals surface area (Å²) in [5, 5.41) is 10.2. The number of nitrogens with one attached hydrogen (secondary N) is 1. The molecule has 6 nitrogen and oxygen atoms in total. The second-order valence-corrected chi connectivity index (χ2v) is 5.61. The summed E-state index contributed by atoms with van der Waals surface area (Å²) in [6.45, 7) is 2.87. The summed E-state index contributed by atoms with van der Waals surface area (Å²) < 4.78 is 1.92. The SMILES string of the molecule is CCCn1cncc1-c1nc(O)c(C2CCCC2)c(=O)[nH]1. The first kappa shape index (κ1) is 13.9. The van der Waals surface area contributed by atoms with Crippen LogP contribution in [0.3, 0.4) is 0 Å². The van der Waals surface area contributed by atoms with Gasteiger partial charge in [0.2, 0.25) is 5.88 Å². The Morgan fingerprint density at radius 3 is 2.86 bits per heavy atom. The third-order valence-corrected chi connectivity index (χ3v) is 4.12. The molecular formula is C15H20N4O2. The summed E-state index contributed by atoms with van der Waals surface area (Å²) in [7, 11) is 0. The van der Waals surface area contributed by atoms with E-state index < -0.39 is 0 Å². The van der Waals surface area contributed by atoms with Crippen molar-refractivity contribution in [3.63, 3.8) is 0 Å². The predicted octanol–water partition coefficient (Wildman–Crippen LogP) is 2.41. The monoisotopic (exact) mass is 288 g/mol. The molecule has 1 saturated carbocycles. The summed E-state index contributed by atoms with van der Waals surface area (Å²) in [6.07, 6.45) is 8.43. The normalized spacial score (nSPS) is 15.7. The van der Waals surface area contributed by atoms with Gasteiger partial charge in [-0.1, -0.05) is 19.8 Å². The van der Waals surface area contributed by atoms with Gasteiger partial charge < -0.3 is 14.7 Å². The van der Waals surface area contributed by atoms with Gasteiger partial charge in [0, 0.05) is 6.54 Å². The van der Waals surface area contributed by atoms with Crippen molar-refractivity contribution in [2.75, 3.05) is 0 Å². The molecule has 3 rings (SSSR count). The second-order valence-electron chi connectivity index (χ2n) is 5.61. The van der Waals surface area contributed by atoms with Gasteiger partial charge in [0.25, 0.3) is 5.56 Å². The minimum Gasteiger partial charge on any atom is -0.493 e. The lowest BCUT2D eigenvalue weighted by molar-refractivity contribution is 0.436. The molecule has 2 aromatic heterocycles. The lowest BCUT2D eigenvalue weighted by Crippen LogP contribution is -2.18. The van der Waals surface area contributed by atoms with E-state index in [1.54, 1.807) is 12.5 Å². The molecule has 1 aliphatic rings. The van der Waals surface area contributed by atoms with E-state index in [-0.39, 0.29) is 17.4 Å². The Balaban J connectivity index is 2.01. The number of aromatic nitrogens is 4. The fourth-order valence-corrected chi connectivity index (χ4v) is 3.11. The number of aromatic hydroxyl groups is 1. The molecule has 1 aliphatic carbocycles. The van der Waals surface area contributed by atoms with Crippen LogP contribution in [0.15, 0.2) is 17.3 Å². The minimum atomic E-state index is -0.228. The quantitative estimate of drug-likeness (QED) is 0.905. The fourth-order valence-electron chi connectivity index (χ4n) is 3.11. The van der Waals surface area contributed by atoms with Gasteiger partial charge in [-0.2, -0.15) is 4.98 Å². The number of hydrogen-bond acceptors (Lipinski definition) is 4. The molecule has 21 heavy (non-hydrogen) atoms. The molecule has 2 aromatic rings. The van der Waals surface area contributed by atoms with Gasteiger partial charge in [0.1, 0.15) is 5.69 Å². The van der Waals surface area contributed by atoms with Gasteiger partial charge in [-0.15, -0.1) is 0 Å². The van der Waals surface area contributed by atoms with Crippen LogP contribution in [0.25, 0.3) is 11.5 Å². The third kappa shape index (κ3) is 2.57. The lowest BCUT2D eigenvalue weighted by atomic mass is 10.00. The maximum Gasteiger partial charge on any atom is 0.258 e. The van der Waals surface area contributed by atoms with E-state index in [1.807, 2.05) is 4.57 Å². The van der Waals surface area contributed by atoms with E-state index in [4.69, 9.17) is 0 Å². The van der Waals surface area contributed by atoms with Crippen LogP contribution in [0.2, 0.25) is 0 Å². The Kier molecular flexibility index (Phi) is 3.77. The molecule has 0 aromatic carbocycles. The first-order chi connectivity index (χ1) is 10.2. The topological polar surface area (TPSA) is 83.8 Å². The van der Waals surface area contributed by atoms with Crippen molar-refractivity contribution in [1.29, 1.82) is 0 Å². The maximum atomic E-state index is 12.3. The summed E-state index contributed by atoms with van der Waals surface area (Å²) in [5.74, 6) is 0.381. The highest BCUT2D eigenvalue weighted by atomic mass is 16.3. The van der Waals surface area contributed by atoms with Gasteiger partial charge in [-0.3, -0.25) is 4.79 Å². The van der Waals surface area contributed by atoms with Crippen molar-refractivity contribution in [2.24, 2.45) is 0 Å². The summed E-state index contributed by atoms with van der Waals surface area (Å²) in [4.78, 5) is 23.4. The van der Waals surface area contributed by atoms with E-state index >= 15 is 0 Å². The minimum absolute atomic E-state index is 0.134. The van der Waals surface area contributed by atoms with E-state index in [0.29, 0.717) is 11.4 Å². The highest BCUT2D eigenvalue weighted by Gasteiger charge is 2.25. The smallest absolute Gasteiger partial charge is 0.258 e. The number of hydrogen-bond donors (Lipinski definition) is 2. The molecule has 112 valence electrons. The van der Waals surface area contributed by atoms with E-state index in [9.17, 15) is 9.90 Å². The lowest BCUT2D eigenvalue weighted by Gasteiger charge is -2.11. The van der Waals surface area contributed by atoms with Crippen LogP contribution in [0.4, 0.5) is 0 Å².